The molecule has 0 aliphatic heterocycles. The molecule has 0 bridgehead atoms. The first kappa shape index (κ1) is 13.6. The Morgan fingerprint density at radius 2 is 2.00 bits per heavy atom. The Morgan fingerprint density at radius 1 is 1.21 bits per heavy atom. The van der Waals surface area contributed by atoms with E-state index in [2.05, 4.69) is 22.0 Å². The predicted molar refractivity (Wildman–Crippen MR) is 77.9 cm³/mol. The number of benzene rings is 2. The molecule has 0 amide bonds. The first-order valence-corrected chi connectivity index (χ1v) is 6.67. The lowest BCUT2D eigenvalue weighted by Crippen LogP contribution is -2.16. The van der Waals surface area contributed by atoms with Crippen LogP contribution >= 0.6 is 15.9 Å². The van der Waals surface area contributed by atoms with Crippen LogP contribution in [-0.2, 0) is 0 Å². The molecule has 2 aromatic carbocycles. The minimum Gasteiger partial charge on any atom is -0.342 e. The van der Waals surface area contributed by atoms with E-state index in [0.29, 0.717) is 12.1 Å². The summed E-state index contributed by atoms with van der Waals surface area (Å²) in [4.78, 5) is 1.95. The smallest absolute Gasteiger partial charge is 0.125 e. The number of halogens is 2. The zero-order valence-electron chi connectivity index (χ0n) is 10.4. The van der Waals surface area contributed by atoms with E-state index in [1.54, 1.807) is 18.2 Å². The van der Waals surface area contributed by atoms with E-state index in [1.807, 2.05) is 24.0 Å². The second-order valence-corrected chi connectivity index (χ2v) is 4.95. The monoisotopic (exact) mass is 318 g/mol. The second kappa shape index (κ2) is 5.85. The van der Waals surface area contributed by atoms with Gasteiger partial charge in [-0.2, -0.15) is 5.26 Å². The van der Waals surface area contributed by atoms with E-state index in [0.717, 1.165) is 15.8 Å². The van der Waals surface area contributed by atoms with Crippen LogP contribution in [0.3, 0.4) is 0 Å². The maximum Gasteiger partial charge on any atom is 0.125 e. The van der Waals surface area contributed by atoms with Gasteiger partial charge in [0.1, 0.15) is 5.82 Å². The van der Waals surface area contributed by atoms with Gasteiger partial charge in [-0.15, -0.1) is 0 Å². The van der Waals surface area contributed by atoms with E-state index >= 15 is 0 Å². The highest BCUT2D eigenvalue weighted by molar-refractivity contribution is 9.10. The van der Waals surface area contributed by atoms with Gasteiger partial charge in [-0.05, 0) is 43.3 Å². The Hall–Kier alpha value is -1.86. The SMILES string of the molecule is CCN(c1cccc(F)c1)c1cc(Br)cc(C#N)c1. The van der Waals surface area contributed by atoms with E-state index < -0.39 is 0 Å². The van der Waals surface area contributed by atoms with Crippen LogP contribution in [0, 0.1) is 17.1 Å². The third kappa shape index (κ3) is 3.12. The van der Waals surface area contributed by atoms with Crippen molar-refractivity contribution in [3.63, 3.8) is 0 Å². The van der Waals surface area contributed by atoms with E-state index in [-0.39, 0.29) is 5.82 Å². The van der Waals surface area contributed by atoms with Crippen molar-refractivity contribution in [2.45, 2.75) is 6.92 Å². The number of anilines is 2. The Labute approximate surface area is 120 Å². The molecule has 0 atom stereocenters. The van der Waals surface area contributed by atoms with Crippen molar-refractivity contribution < 1.29 is 4.39 Å². The van der Waals surface area contributed by atoms with E-state index in [4.69, 9.17) is 5.26 Å². The Bertz CT molecular complexity index is 634. The number of nitrogens with zero attached hydrogens (tertiary/aromatic N) is 2. The van der Waals surface area contributed by atoms with Crippen molar-refractivity contribution in [1.82, 2.24) is 0 Å². The van der Waals surface area contributed by atoms with Gasteiger partial charge in [-0.1, -0.05) is 22.0 Å². The van der Waals surface area contributed by atoms with Crippen molar-refractivity contribution >= 4 is 27.3 Å². The number of hydrogen-bond donors (Lipinski definition) is 0. The quantitative estimate of drug-likeness (QED) is 0.825. The molecule has 0 aromatic heterocycles. The summed E-state index contributed by atoms with van der Waals surface area (Å²) < 4.78 is 14.1. The Kier molecular flexibility index (Phi) is 4.18. The molecule has 0 heterocycles. The maximum absolute atomic E-state index is 13.3. The zero-order chi connectivity index (χ0) is 13.8. The number of nitriles is 1. The van der Waals surface area contributed by atoms with Crippen LogP contribution in [0.1, 0.15) is 12.5 Å². The predicted octanol–water partition coefficient (Wildman–Crippen LogP) is 4.62. The van der Waals surface area contributed by atoms with Gasteiger partial charge in [0.2, 0.25) is 0 Å². The second-order valence-electron chi connectivity index (χ2n) is 4.03. The average molecular weight is 319 g/mol. The molecule has 0 saturated heterocycles. The summed E-state index contributed by atoms with van der Waals surface area (Å²) >= 11 is 3.39. The molecule has 4 heteroatoms. The third-order valence-corrected chi connectivity index (χ3v) is 3.22. The van der Waals surface area contributed by atoms with Crippen LogP contribution in [0.5, 0.6) is 0 Å². The molecule has 0 aliphatic carbocycles. The van der Waals surface area contributed by atoms with Crippen molar-refractivity contribution in [3.05, 3.63) is 58.3 Å². The lowest BCUT2D eigenvalue weighted by atomic mass is 10.2. The van der Waals surface area contributed by atoms with E-state index in [9.17, 15) is 4.39 Å². The molecule has 2 rings (SSSR count). The summed E-state index contributed by atoms with van der Waals surface area (Å²) in [6, 6.07) is 14.0. The van der Waals surface area contributed by atoms with Gasteiger partial charge >= 0.3 is 0 Å². The summed E-state index contributed by atoms with van der Waals surface area (Å²) in [5, 5.41) is 9.01. The van der Waals surface area contributed by atoms with Crippen molar-refractivity contribution in [2.24, 2.45) is 0 Å². The van der Waals surface area contributed by atoms with Crippen molar-refractivity contribution in [2.75, 3.05) is 11.4 Å². The lowest BCUT2D eigenvalue weighted by Gasteiger charge is -2.23. The molecule has 96 valence electrons. The summed E-state index contributed by atoms with van der Waals surface area (Å²) in [5.74, 6) is -0.272. The fourth-order valence-corrected chi connectivity index (χ4v) is 2.43. The zero-order valence-corrected chi connectivity index (χ0v) is 12.0. The van der Waals surface area contributed by atoms with Crippen LogP contribution in [0.2, 0.25) is 0 Å². The van der Waals surface area contributed by atoms with Gasteiger partial charge < -0.3 is 4.90 Å². The van der Waals surface area contributed by atoms with Crippen LogP contribution < -0.4 is 4.90 Å². The Balaban J connectivity index is 2.48. The van der Waals surface area contributed by atoms with E-state index in [1.165, 1.54) is 12.1 Å². The summed E-state index contributed by atoms with van der Waals surface area (Å²) in [5.41, 5.74) is 2.20. The molecular weight excluding hydrogens is 307 g/mol. The standard InChI is InChI=1S/C15H12BrFN2/c1-2-19(14-5-3-4-13(17)9-14)15-7-11(10-18)6-12(16)8-15/h3-9H,2H2,1H3. The lowest BCUT2D eigenvalue weighted by molar-refractivity contribution is 0.627. The van der Waals surface area contributed by atoms with Gasteiger partial charge in [-0.25, -0.2) is 4.39 Å². The van der Waals surface area contributed by atoms with Gasteiger partial charge in [0, 0.05) is 22.4 Å². The fourth-order valence-electron chi connectivity index (χ4n) is 1.95. The largest absolute Gasteiger partial charge is 0.342 e. The van der Waals surface area contributed by atoms with Crippen molar-refractivity contribution in [1.29, 1.82) is 5.26 Å². The molecular formula is C15H12BrFN2. The summed E-state index contributed by atoms with van der Waals surface area (Å²) in [6.45, 7) is 2.67. The molecule has 2 nitrogen and oxygen atoms in total. The minimum absolute atomic E-state index is 0.272. The van der Waals surface area contributed by atoms with Crippen molar-refractivity contribution in [3.8, 4) is 6.07 Å². The summed E-state index contributed by atoms with van der Waals surface area (Å²) in [7, 11) is 0. The van der Waals surface area contributed by atoms with Crippen LogP contribution in [0.15, 0.2) is 46.9 Å². The molecule has 0 unspecified atom stereocenters. The molecule has 19 heavy (non-hydrogen) atoms. The minimum atomic E-state index is -0.272. The van der Waals surface area contributed by atoms with Gasteiger partial charge in [0.05, 0.1) is 11.6 Å². The molecule has 0 radical (unpaired) electrons. The summed E-state index contributed by atoms with van der Waals surface area (Å²) in [6.07, 6.45) is 0. The number of rotatable bonds is 3. The first-order valence-electron chi connectivity index (χ1n) is 5.88. The number of hydrogen-bond acceptors (Lipinski definition) is 2. The molecule has 0 aliphatic rings. The molecule has 0 saturated carbocycles. The average Bonchev–Trinajstić information content (AvgIpc) is 2.39. The highest BCUT2D eigenvalue weighted by Crippen LogP contribution is 2.29. The first-order chi connectivity index (χ1) is 9.13. The Morgan fingerprint density at radius 3 is 2.63 bits per heavy atom. The molecule has 0 N–H and O–H groups in total. The molecule has 2 aromatic rings. The van der Waals surface area contributed by atoms with Crippen LogP contribution in [0.25, 0.3) is 0 Å². The molecule has 0 fully saturated rings. The van der Waals surface area contributed by atoms with Gasteiger partial charge in [0.15, 0.2) is 0 Å². The maximum atomic E-state index is 13.3. The highest BCUT2D eigenvalue weighted by atomic mass is 79.9. The van der Waals surface area contributed by atoms with Gasteiger partial charge in [-0.3, -0.25) is 0 Å². The highest BCUT2D eigenvalue weighted by Gasteiger charge is 2.10. The normalized spacial score (nSPS) is 10.0. The third-order valence-electron chi connectivity index (χ3n) is 2.76. The van der Waals surface area contributed by atoms with Gasteiger partial charge in [0.25, 0.3) is 0 Å². The van der Waals surface area contributed by atoms with Crippen LogP contribution in [0.4, 0.5) is 15.8 Å². The molecule has 0 spiro atoms. The topological polar surface area (TPSA) is 27.0 Å². The fraction of sp³-hybridized carbons (Fsp3) is 0.133. The van der Waals surface area contributed by atoms with Crippen LogP contribution in [-0.4, -0.2) is 6.54 Å².